The van der Waals surface area contributed by atoms with Gasteiger partial charge >= 0.3 is 5.97 Å². The first kappa shape index (κ1) is 31.4. The van der Waals surface area contributed by atoms with Crippen molar-refractivity contribution in [3.05, 3.63) is 41.7 Å². The monoisotopic (exact) mass is 624 g/mol. The first-order valence-corrected chi connectivity index (χ1v) is 16.9. The van der Waals surface area contributed by atoms with E-state index in [0.29, 0.717) is 51.7 Å². The van der Waals surface area contributed by atoms with E-state index in [2.05, 4.69) is 11.9 Å². The standard InChI is InChI=1S/C35H48N2O8/c1-21-31(40)28(38)16-30(44-21)45-24-3-10-33(20-37-18-22-7-13-36-14-8-22)26-4-9-32(2)25(23-15-29(39)43-19-23)6-12-35(32,42)27(26)5-11-34(33,41)17-24/h7-8,13-15,20-21,24-28,30-31,38,40-42H,3-6,9-12,16-19H2,1-2H3/t21-,24-,25-,26-,27-,28-,30+,31+,32+,33-,34+,35+/m1/s1. The maximum atomic E-state index is 12.7. The molecule has 0 aromatic carbocycles. The first-order valence-electron chi connectivity index (χ1n) is 16.9. The number of hydrogen-bond donors (Lipinski definition) is 4. The van der Waals surface area contributed by atoms with Gasteiger partial charge in [-0.3, -0.25) is 9.98 Å². The van der Waals surface area contributed by atoms with Gasteiger partial charge in [0.25, 0.3) is 0 Å². The molecule has 0 spiro atoms. The molecule has 1 aromatic rings. The number of aromatic nitrogens is 1. The average molecular weight is 625 g/mol. The third-order valence-electron chi connectivity index (χ3n) is 13.0. The number of pyridine rings is 1. The van der Waals surface area contributed by atoms with Crippen molar-refractivity contribution < 1.29 is 39.4 Å². The summed E-state index contributed by atoms with van der Waals surface area (Å²) < 4.78 is 17.5. The van der Waals surface area contributed by atoms with Crippen LogP contribution >= 0.6 is 0 Å². The zero-order valence-electron chi connectivity index (χ0n) is 26.4. The molecule has 2 aliphatic heterocycles. The van der Waals surface area contributed by atoms with Crippen LogP contribution in [0.2, 0.25) is 0 Å². The van der Waals surface area contributed by atoms with Gasteiger partial charge in [0, 0.05) is 48.4 Å². The van der Waals surface area contributed by atoms with E-state index in [9.17, 15) is 25.2 Å². The van der Waals surface area contributed by atoms with E-state index in [1.807, 2.05) is 18.3 Å². The van der Waals surface area contributed by atoms with Crippen molar-refractivity contribution in [2.45, 2.75) is 127 Å². The number of rotatable bonds is 6. The van der Waals surface area contributed by atoms with Crippen molar-refractivity contribution in [3.63, 3.8) is 0 Å². The molecule has 45 heavy (non-hydrogen) atoms. The number of aliphatic hydroxyl groups is 4. The number of cyclic esters (lactones) is 1. The lowest BCUT2D eigenvalue weighted by atomic mass is 9.41. The number of carbonyl (C=O) groups is 1. The van der Waals surface area contributed by atoms with Crippen LogP contribution in [0.3, 0.4) is 0 Å². The van der Waals surface area contributed by atoms with E-state index < -0.39 is 41.2 Å². The Morgan fingerprint density at radius 3 is 2.58 bits per heavy atom. The van der Waals surface area contributed by atoms with Crippen LogP contribution in [0.5, 0.6) is 0 Å². The summed E-state index contributed by atoms with van der Waals surface area (Å²) in [5, 5.41) is 45.9. The Morgan fingerprint density at radius 2 is 1.84 bits per heavy atom. The molecule has 12 atom stereocenters. The Labute approximate surface area is 264 Å². The summed E-state index contributed by atoms with van der Waals surface area (Å²) in [4.78, 5) is 21.1. The summed E-state index contributed by atoms with van der Waals surface area (Å²) in [6.45, 7) is 4.73. The number of fused-ring (bicyclic) bond motifs is 5. The zero-order chi connectivity index (χ0) is 31.6. The maximum Gasteiger partial charge on any atom is 0.331 e. The number of nitrogens with zero attached hydrogens (tertiary/aromatic N) is 2. The topological polar surface area (TPSA) is 151 Å². The summed E-state index contributed by atoms with van der Waals surface area (Å²) in [6, 6.07) is 3.90. The van der Waals surface area contributed by atoms with Gasteiger partial charge in [-0.25, -0.2) is 4.79 Å². The van der Waals surface area contributed by atoms with Gasteiger partial charge in [0.1, 0.15) is 12.7 Å². The third-order valence-corrected chi connectivity index (χ3v) is 13.0. The minimum atomic E-state index is -1.09. The van der Waals surface area contributed by atoms with Gasteiger partial charge in [0.05, 0.1) is 36.1 Å². The fourth-order valence-corrected chi connectivity index (χ4v) is 10.6. The predicted octanol–water partition coefficient (Wildman–Crippen LogP) is 3.25. The number of hydrogen-bond acceptors (Lipinski definition) is 10. The van der Waals surface area contributed by atoms with Crippen molar-refractivity contribution in [1.29, 1.82) is 0 Å². The van der Waals surface area contributed by atoms with Gasteiger partial charge < -0.3 is 34.6 Å². The SMILES string of the molecule is C[C@H]1O[C@@H](O[C@@H]2CC[C@@]3(C=NCc4ccncc4)[C@@H]4CC[C@@]5(C)[C@@H](C6=CC(=O)OC6)CC[C@]5(O)[C@@H]4CC[C@]3(O)C2)C[C@@H](O)[C@H]1O. The highest BCUT2D eigenvalue weighted by atomic mass is 16.7. The highest BCUT2D eigenvalue weighted by Gasteiger charge is 2.71. The Morgan fingerprint density at radius 1 is 1.07 bits per heavy atom. The van der Waals surface area contributed by atoms with Crippen LogP contribution in [0.25, 0.3) is 0 Å². The fourth-order valence-electron chi connectivity index (χ4n) is 10.6. The number of carbonyl (C=O) groups excluding carboxylic acids is 1. The second kappa shape index (κ2) is 11.5. The molecular weight excluding hydrogens is 576 g/mol. The van der Waals surface area contributed by atoms with E-state index in [0.717, 1.165) is 30.4 Å². The molecule has 0 amide bonds. The van der Waals surface area contributed by atoms with Crippen molar-refractivity contribution in [2.75, 3.05) is 6.61 Å². The fraction of sp³-hybridized carbons (Fsp3) is 0.743. The number of esters is 1. The van der Waals surface area contributed by atoms with Crippen LogP contribution in [0.4, 0.5) is 0 Å². The maximum absolute atomic E-state index is 12.7. The molecule has 10 nitrogen and oxygen atoms in total. The molecule has 1 saturated heterocycles. The van der Waals surface area contributed by atoms with Gasteiger partial charge in [0.2, 0.25) is 0 Å². The molecule has 0 radical (unpaired) electrons. The summed E-state index contributed by atoms with van der Waals surface area (Å²) in [7, 11) is 0. The van der Waals surface area contributed by atoms with Crippen LogP contribution in [0, 0.1) is 28.6 Å². The van der Waals surface area contributed by atoms with E-state index in [4.69, 9.17) is 19.2 Å². The van der Waals surface area contributed by atoms with E-state index in [1.165, 1.54) is 0 Å². The van der Waals surface area contributed by atoms with Crippen LogP contribution in [-0.4, -0.2) is 86.1 Å². The largest absolute Gasteiger partial charge is 0.458 e. The molecule has 5 fully saturated rings. The molecule has 4 N–H and O–H groups in total. The molecule has 7 rings (SSSR count). The van der Waals surface area contributed by atoms with Gasteiger partial charge in [-0.2, -0.15) is 0 Å². The molecule has 10 heteroatoms. The Kier molecular flexibility index (Phi) is 8.02. The van der Waals surface area contributed by atoms with Gasteiger partial charge in [0.15, 0.2) is 6.29 Å². The van der Waals surface area contributed by atoms with Crippen molar-refractivity contribution in [3.8, 4) is 0 Å². The smallest absolute Gasteiger partial charge is 0.331 e. The normalized spacial score (nSPS) is 48.0. The molecule has 6 aliphatic rings. The zero-order valence-corrected chi connectivity index (χ0v) is 26.4. The minimum Gasteiger partial charge on any atom is -0.458 e. The lowest BCUT2D eigenvalue weighted by molar-refractivity contribution is -0.282. The van der Waals surface area contributed by atoms with E-state index >= 15 is 0 Å². The predicted molar refractivity (Wildman–Crippen MR) is 164 cm³/mol. The second-order valence-electron chi connectivity index (χ2n) is 15.0. The highest BCUT2D eigenvalue weighted by Crippen LogP contribution is 2.70. The summed E-state index contributed by atoms with van der Waals surface area (Å²) in [6.07, 6.45) is 10.2. The molecule has 3 heterocycles. The molecule has 4 saturated carbocycles. The molecule has 0 bridgehead atoms. The third kappa shape index (κ3) is 5.02. The van der Waals surface area contributed by atoms with Gasteiger partial charge in [-0.15, -0.1) is 0 Å². The van der Waals surface area contributed by atoms with Crippen LogP contribution in [0.15, 0.2) is 41.2 Å². The molecule has 246 valence electrons. The molecular formula is C35H48N2O8. The average Bonchev–Trinajstić information content (AvgIpc) is 3.56. The van der Waals surface area contributed by atoms with Crippen LogP contribution < -0.4 is 0 Å². The lowest BCUT2D eigenvalue weighted by Gasteiger charge is -2.66. The van der Waals surface area contributed by atoms with Crippen molar-refractivity contribution >= 4 is 12.2 Å². The van der Waals surface area contributed by atoms with Gasteiger partial charge in [-0.05, 0) is 99.3 Å². The van der Waals surface area contributed by atoms with Gasteiger partial charge in [-0.1, -0.05) is 6.92 Å². The summed E-state index contributed by atoms with van der Waals surface area (Å²) in [5.74, 6) is -0.164. The number of aliphatic imine (C=N–C) groups is 1. The quantitative estimate of drug-likeness (QED) is 0.212. The lowest BCUT2D eigenvalue weighted by Crippen LogP contribution is -2.69. The van der Waals surface area contributed by atoms with E-state index in [1.54, 1.807) is 25.4 Å². The first-order chi connectivity index (χ1) is 21.5. The number of aliphatic hydroxyl groups excluding tert-OH is 2. The van der Waals surface area contributed by atoms with Crippen LogP contribution in [-0.2, 0) is 25.5 Å². The minimum absolute atomic E-state index is 0.0100. The van der Waals surface area contributed by atoms with Crippen molar-refractivity contribution in [2.24, 2.45) is 33.6 Å². The molecule has 4 aliphatic carbocycles. The Hall–Kier alpha value is -2.21. The Balaban J connectivity index is 1.17. The van der Waals surface area contributed by atoms with E-state index in [-0.39, 0.29) is 41.7 Å². The van der Waals surface area contributed by atoms with Crippen LogP contribution in [0.1, 0.15) is 83.6 Å². The molecule has 1 aromatic heterocycles. The summed E-state index contributed by atoms with van der Waals surface area (Å²) in [5.41, 5.74) is -0.971. The summed E-state index contributed by atoms with van der Waals surface area (Å²) >= 11 is 0. The molecule has 0 unspecified atom stereocenters. The van der Waals surface area contributed by atoms with Crippen molar-refractivity contribution in [1.82, 2.24) is 4.98 Å². The Bertz CT molecular complexity index is 1330. The second-order valence-corrected chi connectivity index (χ2v) is 15.0. The number of ether oxygens (including phenoxy) is 3. The highest BCUT2D eigenvalue weighted by molar-refractivity contribution is 5.85.